The van der Waals surface area contributed by atoms with Crippen LogP contribution < -0.4 is 5.32 Å². The van der Waals surface area contributed by atoms with Gasteiger partial charge in [0.15, 0.2) is 0 Å². The highest BCUT2D eigenvalue weighted by atomic mass is 16.5. The molecule has 4 heteroatoms. The van der Waals surface area contributed by atoms with Gasteiger partial charge in [0.25, 0.3) is 0 Å². The minimum Gasteiger partial charge on any atom is -0.468 e. The van der Waals surface area contributed by atoms with E-state index < -0.39 is 5.54 Å². The molecular formula is C14H27NO3. The molecule has 18 heavy (non-hydrogen) atoms. The lowest BCUT2D eigenvalue weighted by molar-refractivity contribution is -0.151. The Morgan fingerprint density at radius 1 is 1.39 bits per heavy atom. The standard InChI is InChI=1S/C14H27NO3/c1-10(2)8-11(3)18-9-14(4,13(16)17-5)15-12-6-7-12/h10-12,15H,6-9H2,1-5H3. The smallest absolute Gasteiger partial charge is 0.328 e. The third-order valence-electron chi connectivity index (χ3n) is 3.20. The van der Waals surface area contributed by atoms with E-state index in [-0.39, 0.29) is 12.1 Å². The van der Waals surface area contributed by atoms with Gasteiger partial charge >= 0.3 is 5.97 Å². The van der Waals surface area contributed by atoms with Crippen LogP contribution in [0.4, 0.5) is 0 Å². The second kappa shape index (κ2) is 6.53. The van der Waals surface area contributed by atoms with E-state index in [0.717, 1.165) is 19.3 Å². The van der Waals surface area contributed by atoms with Crippen LogP contribution in [0.15, 0.2) is 0 Å². The Bertz CT molecular complexity index is 276. The fourth-order valence-corrected chi connectivity index (χ4v) is 2.10. The van der Waals surface area contributed by atoms with Gasteiger partial charge in [-0.25, -0.2) is 4.79 Å². The highest BCUT2D eigenvalue weighted by molar-refractivity contribution is 5.80. The summed E-state index contributed by atoms with van der Waals surface area (Å²) < 4.78 is 10.7. The molecule has 0 spiro atoms. The first kappa shape index (κ1) is 15.4. The fraction of sp³-hybridized carbons (Fsp3) is 0.929. The third kappa shape index (κ3) is 4.94. The molecule has 0 amide bonds. The van der Waals surface area contributed by atoms with E-state index in [2.05, 4.69) is 26.1 Å². The molecule has 2 unspecified atom stereocenters. The molecule has 1 N–H and O–H groups in total. The molecule has 1 aliphatic rings. The summed E-state index contributed by atoms with van der Waals surface area (Å²) in [4.78, 5) is 11.9. The Morgan fingerprint density at radius 2 is 2.00 bits per heavy atom. The summed E-state index contributed by atoms with van der Waals surface area (Å²) >= 11 is 0. The molecule has 0 bridgehead atoms. The monoisotopic (exact) mass is 257 g/mol. The maximum atomic E-state index is 11.9. The second-order valence-corrected chi connectivity index (χ2v) is 5.99. The Morgan fingerprint density at radius 3 is 2.44 bits per heavy atom. The zero-order valence-electron chi connectivity index (χ0n) is 12.3. The van der Waals surface area contributed by atoms with Crippen LogP contribution in [0.5, 0.6) is 0 Å². The second-order valence-electron chi connectivity index (χ2n) is 5.99. The molecule has 1 aliphatic carbocycles. The number of ether oxygens (including phenoxy) is 2. The van der Waals surface area contributed by atoms with Crippen LogP contribution in [0.3, 0.4) is 0 Å². The lowest BCUT2D eigenvalue weighted by atomic mass is 10.0. The van der Waals surface area contributed by atoms with Crippen molar-refractivity contribution in [3.8, 4) is 0 Å². The number of hydrogen-bond donors (Lipinski definition) is 1. The Labute approximate surface area is 110 Å². The number of hydrogen-bond acceptors (Lipinski definition) is 4. The van der Waals surface area contributed by atoms with E-state index in [1.807, 2.05) is 6.92 Å². The van der Waals surface area contributed by atoms with Crippen molar-refractivity contribution >= 4 is 5.97 Å². The summed E-state index contributed by atoms with van der Waals surface area (Å²) in [6.07, 6.45) is 3.43. The van der Waals surface area contributed by atoms with E-state index in [9.17, 15) is 4.79 Å². The highest BCUT2D eigenvalue weighted by Crippen LogP contribution is 2.24. The minimum atomic E-state index is -0.721. The summed E-state index contributed by atoms with van der Waals surface area (Å²) in [6.45, 7) is 8.61. The Balaban J connectivity index is 2.47. The lowest BCUT2D eigenvalue weighted by Gasteiger charge is -2.29. The molecule has 0 aromatic carbocycles. The summed E-state index contributed by atoms with van der Waals surface area (Å²) in [5.41, 5.74) is -0.721. The van der Waals surface area contributed by atoms with Gasteiger partial charge in [0.05, 0.1) is 19.8 Å². The molecule has 2 atom stereocenters. The first-order valence-electron chi connectivity index (χ1n) is 6.85. The maximum absolute atomic E-state index is 11.9. The average molecular weight is 257 g/mol. The third-order valence-corrected chi connectivity index (χ3v) is 3.20. The molecule has 0 radical (unpaired) electrons. The van der Waals surface area contributed by atoms with Crippen molar-refractivity contribution in [2.75, 3.05) is 13.7 Å². The van der Waals surface area contributed by atoms with E-state index in [0.29, 0.717) is 18.6 Å². The van der Waals surface area contributed by atoms with Gasteiger partial charge in [-0.2, -0.15) is 0 Å². The zero-order chi connectivity index (χ0) is 13.8. The van der Waals surface area contributed by atoms with Crippen molar-refractivity contribution in [3.05, 3.63) is 0 Å². The van der Waals surface area contributed by atoms with Crippen molar-refractivity contribution in [1.82, 2.24) is 5.32 Å². The molecule has 106 valence electrons. The van der Waals surface area contributed by atoms with Crippen molar-refractivity contribution < 1.29 is 14.3 Å². The van der Waals surface area contributed by atoms with Crippen molar-refractivity contribution in [2.24, 2.45) is 5.92 Å². The van der Waals surface area contributed by atoms with E-state index in [1.54, 1.807) is 0 Å². The van der Waals surface area contributed by atoms with Crippen LogP contribution in [-0.4, -0.2) is 37.4 Å². The van der Waals surface area contributed by atoms with Crippen LogP contribution >= 0.6 is 0 Å². The molecule has 0 aromatic rings. The number of carbonyl (C=O) groups excluding carboxylic acids is 1. The zero-order valence-corrected chi connectivity index (χ0v) is 12.3. The van der Waals surface area contributed by atoms with Crippen molar-refractivity contribution in [2.45, 2.75) is 64.6 Å². The molecular weight excluding hydrogens is 230 g/mol. The molecule has 0 saturated heterocycles. The van der Waals surface area contributed by atoms with Gasteiger partial charge in [-0.15, -0.1) is 0 Å². The van der Waals surface area contributed by atoms with Gasteiger partial charge in [0.2, 0.25) is 0 Å². The van der Waals surface area contributed by atoms with E-state index in [4.69, 9.17) is 9.47 Å². The Hall–Kier alpha value is -0.610. The normalized spacial score (nSPS) is 20.6. The molecule has 1 saturated carbocycles. The summed E-state index contributed by atoms with van der Waals surface area (Å²) in [7, 11) is 1.42. The van der Waals surface area contributed by atoms with Gasteiger partial charge in [-0.05, 0) is 39.0 Å². The molecule has 0 aliphatic heterocycles. The number of nitrogens with one attached hydrogen (secondary N) is 1. The van der Waals surface area contributed by atoms with Crippen LogP contribution in [0.2, 0.25) is 0 Å². The summed E-state index contributed by atoms with van der Waals surface area (Å²) in [5.74, 6) is 0.354. The summed E-state index contributed by atoms with van der Waals surface area (Å²) in [6, 6.07) is 0.443. The first-order chi connectivity index (χ1) is 8.37. The van der Waals surface area contributed by atoms with Gasteiger partial charge in [0.1, 0.15) is 5.54 Å². The van der Waals surface area contributed by atoms with Gasteiger partial charge in [0, 0.05) is 6.04 Å². The number of methoxy groups -OCH3 is 1. The Kier molecular flexibility index (Phi) is 5.60. The highest BCUT2D eigenvalue weighted by Gasteiger charge is 2.40. The predicted molar refractivity (Wildman–Crippen MR) is 71.4 cm³/mol. The van der Waals surface area contributed by atoms with E-state index >= 15 is 0 Å². The molecule has 1 rings (SSSR count). The number of esters is 1. The topological polar surface area (TPSA) is 47.6 Å². The fourth-order valence-electron chi connectivity index (χ4n) is 2.10. The first-order valence-corrected chi connectivity index (χ1v) is 6.85. The SMILES string of the molecule is COC(=O)C(C)(COC(C)CC(C)C)NC1CC1. The van der Waals surface area contributed by atoms with Crippen molar-refractivity contribution in [1.29, 1.82) is 0 Å². The maximum Gasteiger partial charge on any atom is 0.328 e. The quantitative estimate of drug-likeness (QED) is 0.677. The summed E-state index contributed by atoms with van der Waals surface area (Å²) in [5, 5.41) is 3.33. The predicted octanol–water partition coefficient (Wildman–Crippen LogP) is 2.12. The molecule has 0 aromatic heterocycles. The van der Waals surface area contributed by atoms with E-state index in [1.165, 1.54) is 7.11 Å². The minimum absolute atomic E-state index is 0.162. The molecule has 1 fully saturated rings. The van der Waals surface area contributed by atoms with Gasteiger partial charge in [-0.1, -0.05) is 13.8 Å². The lowest BCUT2D eigenvalue weighted by Crippen LogP contribution is -2.55. The van der Waals surface area contributed by atoms with Crippen LogP contribution in [-0.2, 0) is 14.3 Å². The van der Waals surface area contributed by atoms with Crippen LogP contribution in [0.25, 0.3) is 0 Å². The number of carbonyl (C=O) groups is 1. The van der Waals surface area contributed by atoms with Gasteiger partial charge in [-0.3, -0.25) is 5.32 Å². The average Bonchev–Trinajstić information content (AvgIpc) is 3.08. The van der Waals surface area contributed by atoms with Crippen LogP contribution in [0.1, 0.15) is 47.0 Å². The van der Waals surface area contributed by atoms with Crippen LogP contribution in [0, 0.1) is 5.92 Å². The number of rotatable bonds is 8. The van der Waals surface area contributed by atoms with Gasteiger partial charge < -0.3 is 9.47 Å². The molecule has 4 nitrogen and oxygen atoms in total. The largest absolute Gasteiger partial charge is 0.468 e. The van der Waals surface area contributed by atoms with Crippen molar-refractivity contribution in [3.63, 3.8) is 0 Å². The molecule has 0 heterocycles.